The van der Waals surface area contributed by atoms with Crippen molar-refractivity contribution in [2.24, 2.45) is 11.8 Å². The zero-order valence-corrected chi connectivity index (χ0v) is 14.8. The molecule has 1 fully saturated rings. The summed E-state index contributed by atoms with van der Waals surface area (Å²) in [5.74, 6) is 0.505. The van der Waals surface area contributed by atoms with Crippen LogP contribution in [0.2, 0.25) is 0 Å². The lowest BCUT2D eigenvalue weighted by molar-refractivity contribution is -0.384. The fraction of sp³-hybridized carbons (Fsp3) is 0.421. The minimum atomic E-state index is -0.519. The van der Waals surface area contributed by atoms with Crippen molar-refractivity contribution < 1.29 is 19.2 Å². The average Bonchev–Trinajstić information content (AvgIpc) is 2.89. The Bertz CT molecular complexity index is 741. The minimum absolute atomic E-state index is 0.00741. The van der Waals surface area contributed by atoms with Crippen molar-refractivity contribution in [3.05, 3.63) is 59.0 Å². The van der Waals surface area contributed by atoms with E-state index in [0.717, 1.165) is 12.8 Å². The molecule has 3 atom stereocenters. The van der Waals surface area contributed by atoms with Gasteiger partial charge in [-0.25, -0.2) is 9.69 Å². The molecular formula is C19H22N2O5. The summed E-state index contributed by atoms with van der Waals surface area (Å²) >= 11 is 0. The molecule has 1 saturated heterocycles. The van der Waals surface area contributed by atoms with Crippen LogP contribution >= 0.6 is 0 Å². The Balaban J connectivity index is 1.75. The number of hydrogen-bond donors (Lipinski definition) is 0. The van der Waals surface area contributed by atoms with Gasteiger partial charge < -0.3 is 9.47 Å². The SMILES string of the molecule is C=C1[C@H]([C@@H]2C=CO[C@H](CC(C)C)C2)OC(=O)N1c1ccc([N+](=O)[O-])cc1. The molecule has 3 rings (SSSR count). The second kappa shape index (κ2) is 7.19. The summed E-state index contributed by atoms with van der Waals surface area (Å²) in [6.45, 7) is 8.31. The monoisotopic (exact) mass is 358 g/mol. The molecule has 138 valence electrons. The zero-order chi connectivity index (χ0) is 18.8. The van der Waals surface area contributed by atoms with E-state index in [9.17, 15) is 14.9 Å². The number of ether oxygens (including phenoxy) is 2. The normalized spacial score (nSPS) is 25.3. The van der Waals surface area contributed by atoms with E-state index in [2.05, 4.69) is 20.4 Å². The number of anilines is 1. The highest BCUT2D eigenvalue weighted by atomic mass is 16.6. The van der Waals surface area contributed by atoms with Gasteiger partial charge in [-0.2, -0.15) is 0 Å². The van der Waals surface area contributed by atoms with Crippen LogP contribution < -0.4 is 4.90 Å². The summed E-state index contributed by atoms with van der Waals surface area (Å²) in [7, 11) is 0. The molecule has 7 heteroatoms. The number of non-ortho nitro benzene ring substituents is 1. The molecule has 0 saturated carbocycles. The molecule has 1 aromatic carbocycles. The van der Waals surface area contributed by atoms with Crippen LogP contribution in [0.25, 0.3) is 0 Å². The van der Waals surface area contributed by atoms with Crippen LogP contribution in [-0.4, -0.2) is 23.2 Å². The summed E-state index contributed by atoms with van der Waals surface area (Å²) in [4.78, 5) is 24.1. The molecule has 26 heavy (non-hydrogen) atoms. The predicted octanol–water partition coefficient (Wildman–Crippen LogP) is 4.40. The Labute approximate surface area is 152 Å². The summed E-state index contributed by atoms with van der Waals surface area (Å²) in [6, 6.07) is 5.76. The Hall–Kier alpha value is -2.83. The summed E-state index contributed by atoms with van der Waals surface area (Å²) in [5, 5.41) is 10.8. The third-order valence-electron chi connectivity index (χ3n) is 4.60. The van der Waals surface area contributed by atoms with Gasteiger partial charge in [0.1, 0.15) is 0 Å². The van der Waals surface area contributed by atoms with Crippen LogP contribution in [-0.2, 0) is 9.47 Å². The van der Waals surface area contributed by atoms with E-state index >= 15 is 0 Å². The van der Waals surface area contributed by atoms with Gasteiger partial charge >= 0.3 is 6.09 Å². The van der Waals surface area contributed by atoms with Crippen LogP contribution in [0.15, 0.2) is 48.9 Å². The number of nitro benzene ring substituents is 1. The van der Waals surface area contributed by atoms with Gasteiger partial charge in [0.05, 0.1) is 28.7 Å². The molecule has 0 aliphatic carbocycles. The maximum absolute atomic E-state index is 12.4. The first-order valence-electron chi connectivity index (χ1n) is 8.63. The van der Waals surface area contributed by atoms with Crippen LogP contribution in [0.1, 0.15) is 26.7 Å². The summed E-state index contributed by atoms with van der Waals surface area (Å²) < 4.78 is 11.2. The number of nitrogens with zero attached hydrogens (tertiary/aromatic N) is 2. The van der Waals surface area contributed by atoms with Crippen molar-refractivity contribution in [2.45, 2.75) is 38.9 Å². The molecule has 2 aliphatic heterocycles. The molecule has 1 aromatic rings. The number of hydrogen-bond acceptors (Lipinski definition) is 5. The van der Waals surface area contributed by atoms with E-state index in [1.54, 1.807) is 6.26 Å². The molecule has 0 radical (unpaired) electrons. The number of amides is 1. The smallest absolute Gasteiger partial charge is 0.419 e. The topological polar surface area (TPSA) is 81.9 Å². The predicted molar refractivity (Wildman–Crippen MR) is 96.6 cm³/mol. The van der Waals surface area contributed by atoms with Gasteiger partial charge in [-0.1, -0.05) is 20.4 Å². The average molecular weight is 358 g/mol. The quantitative estimate of drug-likeness (QED) is 0.575. The number of carbonyl (C=O) groups excluding carboxylic acids is 1. The molecule has 0 spiro atoms. The van der Waals surface area contributed by atoms with Gasteiger partial charge in [0.2, 0.25) is 0 Å². The van der Waals surface area contributed by atoms with Gasteiger partial charge in [0, 0.05) is 18.1 Å². The zero-order valence-electron chi connectivity index (χ0n) is 14.8. The van der Waals surface area contributed by atoms with E-state index in [0.29, 0.717) is 17.3 Å². The third kappa shape index (κ3) is 3.56. The lowest BCUT2D eigenvalue weighted by Gasteiger charge is -2.29. The fourth-order valence-corrected chi connectivity index (χ4v) is 3.40. The van der Waals surface area contributed by atoms with Crippen LogP contribution in [0, 0.1) is 22.0 Å². The van der Waals surface area contributed by atoms with E-state index in [-0.39, 0.29) is 17.7 Å². The van der Waals surface area contributed by atoms with Crippen LogP contribution in [0.3, 0.4) is 0 Å². The summed E-state index contributed by atoms with van der Waals surface area (Å²) in [5.41, 5.74) is 0.999. The Morgan fingerprint density at radius 2 is 2.04 bits per heavy atom. The van der Waals surface area contributed by atoms with Crippen molar-refractivity contribution in [1.82, 2.24) is 0 Å². The Morgan fingerprint density at radius 3 is 2.65 bits per heavy atom. The van der Waals surface area contributed by atoms with E-state index in [1.165, 1.54) is 29.2 Å². The van der Waals surface area contributed by atoms with Gasteiger partial charge in [0.15, 0.2) is 6.10 Å². The molecule has 7 nitrogen and oxygen atoms in total. The fourth-order valence-electron chi connectivity index (χ4n) is 3.40. The first-order valence-corrected chi connectivity index (χ1v) is 8.63. The third-order valence-corrected chi connectivity index (χ3v) is 4.60. The lowest BCUT2D eigenvalue weighted by atomic mass is 9.89. The maximum atomic E-state index is 12.4. The number of cyclic esters (lactones) is 1. The Kier molecular flexibility index (Phi) is 4.97. The second-order valence-corrected chi connectivity index (χ2v) is 7.02. The van der Waals surface area contributed by atoms with Crippen molar-refractivity contribution >= 4 is 17.5 Å². The first-order chi connectivity index (χ1) is 12.4. The highest BCUT2D eigenvalue weighted by molar-refractivity contribution is 5.94. The van der Waals surface area contributed by atoms with Gasteiger partial charge in [-0.05, 0) is 37.0 Å². The first kappa shape index (κ1) is 18.0. The molecule has 0 bridgehead atoms. The van der Waals surface area contributed by atoms with Crippen molar-refractivity contribution in [1.29, 1.82) is 0 Å². The van der Waals surface area contributed by atoms with E-state index in [4.69, 9.17) is 9.47 Å². The van der Waals surface area contributed by atoms with Gasteiger partial charge in [-0.3, -0.25) is 10.1 Å². The largest absolute Gasteiger partial charge is 0.498 e. The maximum Gasteiger partial charge on any atom is 0.419 e. The van der Waals surface area contributed by atoms with Crippen LogP contribution in [0.5, 0.6) is 0 Å². The summed E-state index contributed by atoms with van der Waals surface area (Å²) in [6.07, 6.45) is 4.36. The molecule has 2 heterocycles. The van der Waals surface area contributed by atoms with Gasteiger partial charge in [-0.15, -0.1) is 0 Å². The van der Waals surface area contributed by atoms with Crippen molar-refractivity contribution in [3.8, 4) is 0 Å². The second-order valence-electron chi connectivity index (χ2n) is 7.02. The molecule has 0 aromatic heterocycles. The number of carbonyl (C=O) groups is 1. The van der Waals surface area contributed by atoms with E-state index in [1.807, 2.05) is 6.08 Å². The highest BCUT2D eigenvalue weighted by Crippen LogP contribution is 2.37. The van der Waals surface area contributed by atoms with Crippen molar-refractivity contribution in [3.63, 3.8) is 0 Å². The standard InChI is InChI=1S/C19H22N2O5/c1-12(2)10-17-11-14(8-9-25-17)18-13(3)20(19(22)26-18)15-4-6-16(7-5-15)21(23)24/h4-9,12,14,17-18H,3,10-11H2,1-2H3/t14-,17-,18-/m1/s1. The van der Waals surface area contributed by atoms with Crippen LogP contribution in [0.4, 0.5) is 16.2 Å². The highest BCUT2D eigenvalue weighted by Gasteiger charge is 2.42. The molecular weight excluding hydrogens is 336 g/mol. The van der Waals surface area contributed by atoms with E-state index < -0.39 is 17.1 Å². The molecule has 0 unspecified atom stereocenters. The van der Waals surface area contributed by atoms with Crippen molar-refractivity contribution in [2.75, 3.05) is 4.90 Å². The molecule has 0 N–H and O–H groups in total. The number of benzene rings is 1. The molecule has 2 aliphatic rings. The Morgan fingerprint density at radius 1 is 1.35 bits per heavy atom. The number of nitro groups is 1. The lowest BCUT2D eigenvalue weighted by Crippen LogP contribution is -2.30. The number of rotatable bonds is 5. The molecule has 1 amide bonds. The minimum Gasteiger partial charge on any atom is -0.498 e. The van der Waals surface area contributed by atoms with Gasteiger partial charge in [0.25, 0.3) is 5.69 Å².